The highest BCUT2D eigenvalue weighted by Gasteiger charge is 2.14. The molecule has 0 heterocycles. The fraction of sp³-hybridized carbons (Fsp3) is 0.143. The average molecular weight is 302 g/mol. The van der Waals surface area contributed by atoms with Gasteiger partial charge in [-0.15, -0.1) is 0 Å². The molecule has 0 aliphatic carbocycles. The summed E-state index contributed by atoms with van der Waals surface area (Å²) in [5.41, 5.74) is 1.92. The van der Waals surface area contributed by atoms with Crippen molar-refractivity contribution in [2.45, 2.75) is 12.8 Å². The summed E-state index contributed by atoms with van der Waals surface area (Å²) in [7, 11) is 0. The van der Waals surface area contributed by atoms with Crippen LogP contribution in [-0.4, -0.2) is 5.11 Å². The van der Waals surface area contributed by atoms with Crippen LogP contribution in [0.25, 0.3) is 0 Å². The number of aromatic hydroxyl groups is 1. The molecular formula is C14H11Cl3O. The zero-order chi connectivity index (χ0) is 13.1. The van der Waals surface area contributed by atoms with E-state index in [0.29, 0.717) is 11.4 Å². The van der Waals surface area contributed by atoms with Crippen LogP contribution in [0.4, 0.5) is 0 Å². The van der Waals surface area contributed by atoms with Crippen molar-refractivity contribution in [3.8, 4) is 5.75 Å². The maximum atomic E-state index is 9.69. The first-order valence-electron chi connectivity index (χ1n) is 5.49. The van der Waals surface area contributed by atoms with Gasteiger partial charge in [0.1, 0.15) is 0 Å². The van der Waals surface area contributed by atoms with Gasteiger partial charge in [0.15, 0.2) is 5.75 Å². The van der Waals surface area contributed by atoms with E-state index < -0.39 is 0 Å². The highest BCUT2D eigenvalue weighted by Crippen LogP contribution is 2.39. The maximum absolute atomic E-state index is 9.69. The van der Waals surface area contributed by atoms with Gasteiger partial charge in [-0.2, -0.15) is 0 Å². The minimum atomic E-state index is -0.106. The topological polar surface area (TPSA) is 20.2 Å². The van der Waals surface area contributed by atoms with E-state index in [1.165, 1.54) is 11.6 Å². The molecule has 0 unspecified atom stereocenters. The SMILES string of the molecule is Oc1c(Cl)cc(Cl)c(CCc2ccccc2)c1Cl. The van der Waals surface area contributed by atoms with Crippen LogP contribution in [0.3, 0.4) is 0 Å². The molecule has 0 atom stereocenters. The molecule has 1 nitrogen and oxygen atoms in total. The number of hydrogen-bond acceptors (Lipinski definition) is 1. The molecule has 0 radical (unpaired) electrons. The molecule has 0 aromatic heterocycles. The lowest BCUT2D eigenvalue weighted by Gasteiger charge is -2.10. The van der Waals surface area contributed by atoms with Crippen molar-refractivity contribution < 1.29 is 5.11 Å². The molecule has 0 fully saturated rings. The average Bonchev–Trinajstić information content (AvgIpc) is 2.37. The lowest BCUT2D eigenvalue weighted by atomic mass is 10.0. The Hall–Kier alpha value is -0.890. The predicted molar refractivity (Wildman–Crippen MR) is 77.0 cm³/mol. The van der Waals surface area contributed by atoms with Gasteiger partial charge >= 0.3 is 0 Å². The van der Waals surface area contributed by atoms with E-state index in [-0.39, 0.29) is 15.8 Å². The summed E-state index contributed by atoms with van der Waals surface area (Å²) in [4.78, 5) is 0. The van der Waals surface area contributed by atoms with Crippen molar-refractivity contribution in [1.29, 1.82) is 0 Å². The largest absolute Gasteiger partial charge is 0.505 e. The Morgan fingerprint density at radius 2 is 1.56 bits per heavy atom. The zero-order valence-electron chi connectivity index (χ0n) is 9.46. The maximum Gasteiger partial charge on any atom is 0.153 e. The van der Waals surface area contributed by atoms with E-state index in [1.807, 2.05) is 30.3 Å². The summed E-state index contributed by atoms with van der Waals surface area (Å²) in [5.74, 6) is -0.106. The Bertz CT molecular complexity index is 553. The molecule has 1 N–H and O–H groups in total. The van der Waals surface area contributed by atoms with Gasteiger partial charge in [0, 0.05) is 5.02 Å². The molecular weight excluding hydrogens is 291 g/mol. The normalized spacial score (nSPS) is 10.6. The second-order valence-corrected chi connectivity index (χ2v) is 5.16. The van der Waals surface area contributed by atoms with Crippen LogP contribution in [0.15, 0.2) is 36.4 Å². The zero-order valence-corrected chi connectivity index (χ0v) is 11.7. The van der Waals surface area contributed by atoms with Crippen LogP contribution in [0.5, 0.6) is 5.75 Å². The highest BCUT2D eigenvalue weighted by molar-refractivity contribution is 6.41. The van der Waals surface area contributed by atoms with E-state index >= 15 is 0 Å². The smallest absolute Gasteiger partial charge is 0.153 e. The molecule has 0 saturated carbocycles. The number of phenolic OH excluding ortho intramolecular Hbond substituents is 1. The minimum Gasteiger partial charge on any atom is -0.505 e. The van der Waals surface area contributed by atoms with Gasteiger partial charge < -0.3 is 5.11 Å². The molecule has 0 saturated heterocycles. The van der Waals surface area contributed by atoms with E-state index in [0.717, 1.165) is 12.0 Å². The number of hydrogen-bond donors (Lipinski definition) is 1. The first-order chi connectivity index (χ1) is 8.59. The van der Waals surface area contributed by atoms with Crippen molar-refractivity contribution in [1.82, 2.24) is 0 Å². The fourth-order valence-electron chi connectivity index (χ4n) is 1.76. The molecule has 2 rings (SSSR count). The van der Waals surface area contributed by atoms with Crippen LogP contribution < -0.4 is 0 Å². The van der Waals surface area contributed by atoms with Crippen LogP contribution in [-0.2, 0) is 12.8 Å². The summed E-state index contributed by atoms with van der Waals surface area (Å²) in [6, 6.07) is 11.5. The number of rotatable bonds is 3. The summed E-state index contributed by atoms with van der Waals surface area (Å²) in [5, 5.41) is 10.6. The van der Waals surface area contributed by atoms with Crippen LogP contribution in [0.2, 0.25) is 15.1 Å². The number of benzene rings is 2. The minimum absolute atomic E-state index is 0.106. The molecule has 0 aliphatic rings. The third-order valence-electron chi connectivity index (χ3n) is 2.75. The van der Waals surface area contributed by atoms with Gasteiger partial charge in [-0.05, 0) is 30.0 Å². The Labute approximate surface area is 121 Å². The standard InChI is InChI=1S/C14H11Cl3O/c15-11-8-12(16)14(18)13(17)10(11)7-6-9-4-2-1-3-5-9/h1-5,8,18H,6-7H2. The van der Waals surface area contributed by atoms with Gasteiger partial charge in [-0.3, -0.25) is 0 Å². The van der Waals surface area contributed by atoms with E-state index in [1.54, 1.807) is 0 Å². The Kier molecular flexibility index (Phi) is 4.39. The van der Waals surface area contributed by atoms with Crippen molar-refractivity contribution >= 4 is 34.8 Å². The van der Waals surface area contributed by atoms with E-state index in [9.17, 15) is 5.11 Å². The number of phenols is 1. The van der Waals surface area contributed by atoms with Gasteiger partial charge in [0.2, 0.25) is 0 Å². The molecule has 2 aromatic rings. The monoisotopic (exact) mass is 300 g/mol. The second kappa shape index (κ2) is 5.83. The molecule has 2 aromatic carbocycles. The summed E-state index contributed by atoms with van der Waals surface area (Å²) in [6.45, 7) is 0. The van der Waals surface area contributed by atoms with Gasteiger partial charge in [0.25, 0.3) is 0 Å². The number of halogens is 3. The van der Waals surface area contributed by atoms with E-state index in [2.05, 4.69) is 0 Å². The second-order valence-electron chi connectivity index (χ2n) is 3.97. The number of aryl methyl sites for hydroxylation is 1. The Morgan fingerprint density at radius 3 is 2.22 bits per heavy atom. The summed E-state index contributed by atoms with van der Waals surface area (Å²) in [6.07, 6.45) is 1.47. The van der Waals surface area contributed by atoms with Gasteiger partial charge in [-0.25, -0.2) is 0 Å². The van der Waals surface area contributed by atoms with Crippen LogP contribution in [0.1, 0.15) is 11.1 Å². The highest BCUT2D eigenvalue weighted by atomic mass is 35.5. The van der Waals surface area contributed by atoms with Crippen molar-refractivity contribution in [3.05, 3.63) is 62.6 Å². The van der Waals surface area contributed by atoms with Gasteiger partial charge in [-0.1, -0.05) is 65.1 Å². The van der Waals surface area contributed by atoms with Crippen molar-refractivity contribution in [3.63, 3.8) is 0 Å². The first-order valence-corrected chi connectivity index (χ1v) is 6.62. The summed E-state index contributed by atoms with van der Waals surface area (Å²) >= 11 is 17.9. The third-order valence-corrected chi connectivity index (χ3v) is 3.78. The first kappa shape index (κ1) is 13.5. The molecule has 18 heavy (non-hydrogen) atoms. The fourth-order valence-corrected chi connectivity index (χ4v) is 2.71. The Morgan fingerprint density at radius 1 is 0.889 bits per heavy atom. The lowest BCUT2D eigenvalue weighted by molar-refractivity contribution is 0.475. The molecule has 0 bridgehead atoms. The summed E-state index contributed by atoms with van der Waals surface area (Å²) < 4.78 is 0. The van der Waals surface area contributed by atoms with E-state index in [4.69, 9.17) is 34.8 Å². The molecule has 0 aliphatic heterocycles. The Balaban J connectivity index is 2.22. The molecule has 94 valence electrons. The third kappa shape index (κ3) is 2.92. The predicted octanol–water partition coefficient (Wildman–Crippen LogP) is 5.14. The van der Waals surface area contributed by atoms with Crippen LogP contribution >= 0.6 is 34.8 Å². The van der Waals surface area contributed by atoms with Gasteiger partial charge in [0.05, 0.1) is 10.0 Å². The van der Waals surface area contributed by atoms with Crippen molar-refractivity contribution in [2.75, 3.05) is 0 Å². The molecule has 4 heteroatoms. The molecule has 0 amide bonds. The lowest BCUT2D eigenvalue weighted by Crippen LogP contribution is -1.94. The quantitative estimate of drug-likeness (QED) is 0.832. The van der Waals surface area contributed by atoms with Crippen molar-refractivity contribution in [2.24, 2.45) is 0 Å². The molecule has 0 spiro atoms. The van der Waals surface area contributed by atoms with Crippen LogP contribution in [0, 0.1) is 0 Å².